The first-order valence-electron chi connectivity index (χ1n) is 7.51. The van der Waals surface area contributed by atoms with Crippen molar-refractivity contribution in [2.24, 2.45) is 0 Å². The third-order valence-corrected chi connectivity index (χ3v) is 4.03. The summed E-state index contributed by atoms with van der Waals surface area (Å²) in [4.78, 5) is 2.41. The molecule has 1 aromatic carbocycles. The Morgan fingerprint density at radius 2 is 2.36 bits per heavy atom. The van der Waals surface area contributed by atoms with Crippen molar-refractivity contribution < 1.29 is 4.52 Å². The van der Waals surface area contributed by atoms with Crippen molar-refractivity contribution in [3.8, 4) is 11.1 Å². The molecule has 1 aromatic heterocycles. The summed E-state index contributed by atoms with van der Waals surface area (Å²) in [5.74, 6) is 0.857. The van der Waals surface area contributed by atoms with Crippen LogP contribution in [-0.2, 0) is 6.42 Å². The molecular formula is C18H21N3O. The van der Waals surface area contributed by atoms with Crippen molar-refractivity contribution in [3.05, 3.63) is 60.3 Å². The molecule has 0 saturated heterocycles. The molecule has 4 nitrogen and oxygen atoms in total. The van der Waals surface area contributed by atoms with Gasteiger partial charge in [0.15, 0.2) is 0 Å². The van der Waals surface area contributed by atoms with E-state index in [1.165, 1.54) is 16.8 Å². The predicted molar refractivity (Wildman–Crippen MR) is 89.7 cm³/mol. The lowest BCUT2D eigenvalue weighted by molar-refractivity contribution is 0.398. The number of benzene rings is 1. The van der Waals surface area contributed by atoms with Crippen LogP contribution in [0.4, 0.5) is 5.69 Å². The molecule has 0 radical (unpaired) electrons. The normalized spacial score (nSPS) is 14.1. The van der Waals surface area contributed by atoms with Gasteiger partial charge in [-0.25, -0.2) is 0 Å². The molecule has 4 heteroatoms. The average Bonchev–Trinajstić information content (AvgIpc) is 3.11. The summed E-state index contributed by atoms with van der Waals surface area (Å²) >= 11 is 0. The van der Waals surface area contributed by atoms with Crippen LogP contribution >= 0.6 is 0 Å². The molecule has 0 spiro atoms. The fourth-order valence-electron chi connectivity index (χ4n) is 2.90. The fraction of sp³-hybridized carbons (Fsp3) is 0.278. The number of nitrogens with zero attached hydrogens (tertiary/aromatic N) is 2. The Morgan fingerprint density at radius 3 is 3.09 bits per heavy atom. The van der Waals surface area contributed by atoms with Gasteiger partial charge in [0, 0.05) is 30.5 Å². The lowest BCUT2D eigenvalue weighted by Crippen LogP contribution is -2.23. The Hall–Kier alpha value is -2.49. The molecule has 2 aromatic rings. The Bertz CT molecular complexity index is 715. The predicted octanol–water partition coefficient (Wildman–Crippen LogP) is 3.65. The molecule has 0 unspecified atom stereocenters. The van der Waals surface area contributed by atoms with E-state index in [4.69, 9.17) is 4.52 Å². The zero-order valence-electron chi connectivity index (χ0n) is 13.1. The van der Waals surface area contributed by atoms with E-state index in [1.807, 2.05) is 13.1 Å². The summed E-state index contributed by atoms with van der Waals surface area (Å²) in [6.45, 7) is 9.71. The lowest BCUT2D eigenvalue weighted by atomic mass is 10.0. The number of hydrogen-bond acceptors (Lipinski definition) is 4. The minimum atomic E-state index is 0.857. The highest BCUT2D eigenvalue weighted by molar-refractivity contribution is 5.72. The molecule has 0 aliphatic carbocycles. The Kier molecular flexibility index (Phi) is 4.00. The van der Waals surface area contributed by atoms with Crippen LogP contribution in [0.2, 0.25) is 0 Å². The van der Waals surface area contributed by atoms with Gasteiger partial charge in [-0.1, -0.05) is 23.9 Å². The zero-order valence-corrected chi connectivity index (χ0v) is 13.1. The van der Waals surface area contributed by atoms with Crippen molar-refractivity contribution in [1.29, 1.82) is 0 Å². The second kappa shape index (κ2) is 6.10. The van der Waals surface area contributed by atoms with Gasteiger partial charge in [-0.15, -0.1) is 0 Å². The maximum atomic E-state index is 5.18. The molecule has 114 valence electrons. The number of fused-ring (bicyclic) bond motifs is 1. The lowest BCUT2D eigenvalue weighted by Gasteiger charge is -2.20. The minimum Gasteiger partial charge on any atom is -0.368 e. The van der Waals surface area contributed by atoms with E-state index in [9.17, 15) is 0 Å². The van der Waals surface area contributed by atoms with Gasteiger partial charge in [-0.3, -0.25) is 0 Å². The van der Waals surface area contributed by atoms with E-state index in [0.717, 1.165) is 36.4 Å². The number of hydrogen-bond donors (Lipinski definition) is 1. The summed E-state index contributed by atoms with van der Waals surface area (Å²) in [5, 5.41) is 6.92. The van der Waals surface area contributed by atoms with E-state index in [1.54, 1.807) is 12.4 Å². The molecule has 0 fully saturated rings. The maximum Gasteiger partial charge on any atom is 0.141 e. The standard InChI is InChI=1S/C18H21N3O/c1-4-19-10-13(2)12-21-8-7-15-5-6-16(9-18(15)21)17-11-20-22-14(17)3/h4-6,9-11,19H,1,7-8,12H2,2-3H3/b13-10+. The maximum absolute atomic E-state index is 5.18. The number of rotatable bonds is 5. The van der Waals surface area contributed by atoms with E-state index < -0.39 is 0 Å². The minimum absolute atomic E-state index is 0.857. The SMILES string of the molecule is C=CN/C=C(\C)CN1CCc2ccc(-c3cnoc3C)cc21. The van der Waals surface area contributed by atoms with Gasteiger partial charge in [0.25, 0.3) is 0 Å². The largest absolute Gasteiger partial charge is 0.368 e. The molecule has 1 aliphatic heterocycles. The van der Waals surface area contributed by atoms with Gasteiger partial charge in [0.05, 0.1) is 6.20 Å². The third kappa shape index (κ3) is 2.77. The summed E-state index contributed by atoms with van der Waals surface area (Å²) in [6.07, 6.45) is 6.57. The van der Waals surface area contributed by atoms with E-state index in [0.29, 0.717) is 0 Å². The van der Waals surface area contributed by atoms with Crippen LogP contribution in [0.5, 0.6) is 0 Å². The van der Waals surface area contributed by atoms with Crippen molar-refractivity contribution in [1.82, 2.24) is 10.5 Å². The van der Waals surface area contributed by atoms with Crippen LogP contribution in [0.3, 0.4) is 0 Å². The monoisotopic (exact) mass is 295 g/mol. The van der Waals surface area contributed by atoms with Gasteiger partial charge >= 0.3 is 0 Å². The van der Waals surface area contributed by atoms with Gasteiger partial charge in [0.2, 0.25) is 0 Å². The number of aromatic nitrogens is 1. The first-order valence-corrected chi connectivity index (χ1v) is 7.51. The van der Waals surface area contributed by atoms with E-state index in [2.05, 4.69) is 47.1 Å². The third-order valence-electron chi connectivity index (χ3n) is 4.03. The molecule has 1 N–H and O–H groups in total. The van der Waals surface area contributed by atoms with Gasteiger partial charge in [-0.05, 0) is 49.2 Å². The molecule has 0 bridgehead atoms. The van der Waals surface area contributed by atoms with Crippen molar-refractivity contribution in [3.63, 3.8) is 0 Å². The summed E-state index contributed by atoms with van der Waals surface area (Å²) in [6, 6.07) is 6.62. The molecule has 0 saturated carbocycles. The van der Waals surface area contributed by atoms with Crippen LogP contribution in [0.1, 0.15) is 18.2 Å². The molecular weight excluding hydrogens is 274 g/mol. The highest BCUT2D eigenvalue weighted by Crippen LogP contribution is 2.34. The number of nitrogens with one attached hydrogen (secondary N) is 1. The van der Waals surface area contributed by atoms with E-state index in [-0.39, 0.29) is 0 Å². The first kappa shape index (κ1) is 14.4. The quantitative estimate of drug-likeness (QED) is 0.914. The molecule has 22 heavy (non-hydrogen) atoms. The zero-order chi connectivity index (χ0) is 15.5. The van der Waals surface area contributed by atoms with Crippen molar-refractivity contribution >= 4 is 5.69 Å². The van der Waals surface area contributed by atoms with Crippen LogP contribution in [-0.4, -0.2) is 18.2 Å². The smallest absolute Gasteiger partial charge is 0.141 e. The molecule has 0 atom stereocenters. The molecule has 2 heterocycles. The van der Waals surface area contributed by atoms with Crippen molar-refractivity contribution in [2.75, 3.05) is 18.0 Å². The highest BCUT2D eigenvalue weighted by Gasteiger charge is 2.20. The van der Waals surface area contributed by atoms with Crippen molar-refractivity contribution in [2.45, 2.75) is 20.3 Å². The summed E-state index contributed by atoms with van der Waals surface area (Å²) < 4.78 is 5.18. The summed E-state index contributed by atoms with van der Waals surface area (Å²) in [7, 11) is 0. The van der Waals surface area contributed by atoms with Crippen LogP contribution < -0.4 is 10.2 Å². The number of anilines is 1. The highest BCUT2D eigenvalue weighted by atomic mass is 16.5. The Balaban J connectivity index is 1.86. The first-order chi connectivity index (χ1) is 10.7. The van der Waals surface area contributed by atoms with Gasteiger partial charge in [0.1, 0.15) is 5.76 Å². The fourth-order valence-corrected chi connectivity index (χ4v) is 2.90. The molecule has 0 amide bonds. The van der Waals surface area contributed by atoms with E-state index >= 15 is 0 Å². The summed E-state index contributed by atoms with van der Waals surface area (Å²) in [5.41, 5.74) is 6.22. The second-order valence-electron chi connectivity index (χ2n) is 5.67. The van der Waals surface area contributed by atoms with Gasteiger partial charge < -0.3 is 14.7 Å². The Labute approximate surface area is 131 Å². The Morgan fingerprint density at radius 1 is 1.50 bits per heavy atom. The van der Waals surface area contributed by atoms with Crippen LogP contribution in [0.15, 0.2) is 53.5 Å². The molecule has 1 aliphatic rings. The van der Waals surface area contributed by atoms with Crippen LogP contribution in [0.25, 0.3) is 11.1 Å². The van der Waals surface area contributed by atoms with Crippen LogP contribution in [0, 0.1) is 6.92 Å². The average molecular weight is 295 g/mol. The van der Waals surface area contributed by atoms with Gasteiger partial charge in [-0.2, -0.15) is 0 Å². The second-order valence-corrected chi connectivity index (χ2v) is 5.67. The number of aryl methyl sites for hydroxylation is 1. The molecule has 3 rings (SSSR count). The topological polar surface area (TPSA) is 41.3 Å².